The molecule has 26 heavy (non-hydrogen) atoms. The van der Waals surface area contributed by atoms with Gasteiger partial charge in [-0.3, -0.25) is 9.59 Å². The summed E-state index contributed by atoms with van der Waals surface area (Å²) < 4.78 is 0. The van der Waals surface area contributed by atoms with Gasteiger partial charge in [0.2, 0.25) is 5.91 Å². The van der Waals surface area contributed by atoms with E-state index in [2.05, 4.69) is 17.4 Å². The number of aliphatic carboxylic acids is 1. The highest BCUT2D eigenvalue weighted by atomic mass is 16.4. The van der Waals surface area contributed by atoms with Crippen LogP contribution in [0, 0.1) is 5.92 Å². The molecule has 0 saturated heterocycles. The summed E-state index contributed by atoms with van der Waals surface area (Å²) in [6.07, 6.45) is 1.89. The Bertz CT molecular complexity index is 759. The quantitative estimate of drug-likeness (QED) is 0.761. The van der Waals surface area contributed by atoms with Crippen LogP contribution in [0.3, 0.4) is 0 Å². The van der Waals surface area contributed by atoms with Gasteiger partial charge in [0.05, 0.1) is 0 Å². The molecule has 2 N–H and O–H groups in total. The van der Waals surface area contributed by atoms with Crippen LogP contribution in [0.1, 0.15) is 43.2 Å². The number of rotatable bonds is 8. The second-order valence-corrected chi connectivity index (χ2v) is 7.10. The van der Waals surface area contributed by atoms with Crippen molar-refractivity contribution in [3.8, 4) is 0 Å². The Morgan fingerprint density at radius 1 is 1.08 bits per heavy atom. The van der Waals surface area contributed by atoms with Crippen molar-refractivity contribution in [2.45, 2.75) is 37.5 Å². The number of benzene rings is 2. The average molecular weight is 351 g/mol. The largest absolute Gasteiger partial charge is 0.481 e. The Labute approximate surface area is 154 Å². The summed E-state index contributed by atoms with van der Waals surface area (Å²) in [6.45, 7) is 1.96. The van der Waals surface area contributed by atoms with Crippen LogP contribution in [0.15, 0.2) is 60.7 Å². The minimum absolute atomic E-state index is 0.0663. The predicted octanol–water partition coefficient (Wildman–Crippen LogP) is 3.73. The fraction of sp³-hybridized carbons (Fsp3) is 0.364. The maximum absolute atomic E-state index is 12.4. The third kappa shape index (κ3) is 3.79. The summed E-state index contributed by atoms with van der Waals surface area (Å²) in [5.41, 5.74) is 0.922. The van der Waals surface area contributed by atoms with Crippen molar-refractivity contribution in [3.05, 3.63) is 71.8 Å². The minimum Gasteiger partial charge on any atom is -0.481 e. The van der Waals surface area contributed by atoms with E-state index in [1.165, 1.54) is 5.56 Å². The van der Waals surface area contributed by atoms with Crippen LogP contribution in [0.25, 0.3) is 0 Å². The molecule has 0 bridgehead atoms. The second-order valence-electron chi connectivity index (χ2n) is 7.10. The number of carbonyl (C=O) groups is 2. The molecule has 3 rings (SSSR count). The fourth-order valence-corrected chi connectivity index (χ4v) is 3.68. The molecule has 0 aliphatic heterocycles. The van der Waals surface area contributed by atoms with Crippen molar-refractivity contribution in [1.82, 2.24) is 5.32 Å². The molecule has 3 atom stereocenters. The topological polar surface area (TPSA) is 66.4 Å². The average Bonchev–Trinajstić information content (AvgIpc) is 3.43. The van der Waals surface area contributed by atoms with Gasteiger partial charge in [0.1, 0.15) is 5.41 Å². The van der Waals surface area contributed by atoms with Gasteiger partial charge >= 0.3 is 5.97 Å². The fourth-order valence-electron chi connectivity index (χ4n) is 3.68. The van der Waals surface area contributed by atoms with Gasteiger partial charge in [-0.15, -0.1) is 0 Å². The highest BCUT2D eigenvalue weighted by Gasteiger charge is 2.41. The third-order valence-electron chi connectivity index (χ3n) is 5.52. The molecule has 4 nitrogen and oxygen atoms in total. The first-order valence-electron chi connectivity index (χ1n) is 9.17. The van der Waals surface area contributed by atoms with E-state index in [4.69, 9.17) is 0 Å². The van der Waals surface area contributed by atoms with Gasteiger partial charge in [0, 0.05) is 13.0 Å². The summed E-state index contributed by atoms with van der Waals surface area (Å²) >= 11 is 0. The van der Waals surface area contributed by atoms with Gasteiger partial charge in [0.15, 0.2) is 0 Å². The van der Waals surface area contributed by atoms with Crippen LogP contribution in [-0.2, 0) is 15.0 Å². The molecule has 1 saturated carbocycles. The SMILES string of the molecule is CCC(CNC(=O)C[C@@H]1C[C@H]1c1ccccc1)(C(=O)O)c1ccccc1. The number of hydrogen-bond acceptors (Lipinski definition) is 2. The Morgan fingerprint density at radius 3 is 2.27 bits per heavy atom. The normalized spacial score (nSPS) is 20.8. The zero-order valence-corrected chi connectivity index (χ0v) is 15.0. The summed E-state index contributed by atoms with van der Waals surface area (Å²) in [5, 5.41) is 12.7. The van der Waals surface area contributed by atoms with E-state index in [0.29, 0.717) is 24.7 Å². The van der Waals surface area contributed by atoms with Gasteiger partial charge in [-0.2, -0.15) is 0 Å². The highest BCUT2D eigenvalue weighted by molar-refractivity contribution is 5.83. The lowest BCUT2D eigenvalue weighted by Gasteiger charge is -2.29. The van der Waals surface area contributed by atoms with E-state index in [1.807, 2.05) is 55.5 Å². The van der Waals surface area contributed by atoms with Gasteiger partial charge < -0.3 is 10.4 Å². The van der Waals surface area contributed by atoms with Crippen molar-refractivity contribution in [3.63, 3.8) is 0 Å². The maximum atomic E-state index is 12.4. The van der Waals surface area contributed by atoms with Gasteiger partial charge in [-0.25, -0.2) is 0 Å². The van der Waals surface area contributed by atoms with Crippen LogP contribution in [-0.4, -0.2) is 23.5 Å². The lowest BCUT2D eigenvalue weighted by molar-refractivity contribution is -0.144. The number of amides is 1. The number of carboxylic acid groups (broad SMARTS) is 1. The molecule has 2 aromatic carbocycles. The van der Waals surface area contributed by atoms with E-state index >= 15 is 0 Å². The molecule has 136 valence electrons. The van der Waals surface area contributed by atoms with Crippen molar-refractivity contribution in [2.24, 2.45) is 5.92 Å². The number of nitrogens with one attached hydrogen (secondary N) is 1. The lowest BCUT2D eigenvalue weighted by atomic mass is 9.78. The third-order valence-corrected chi connectivity index (χ3v) is 5.52. The number of carbonyl (C=O) groups excluding carboxylic acids is 1. The standard InChI is InChI=1S/C22H25NO3/c1-2-22(21(25)26,18-11-7-4-8-12-18)15-23-20(24)14-17-13-19(17)16-9-5-3-6-10-16/h3-12,17,19H,2,13-15H2,1H3,(H,23,24)(H,25,26)/t17-,19-,22?/m0/s1. The van der Waals surface area contributed by atoms with Crippen LogP contribution in [0.5, 0.6) is 0 Å². The minimum atomic E-state index is -1.08. The molecular weight excluding hydrogens is 326 g/mol. The molecule has 0 heterocycles. The molecule has 2 aromatic rings. The highest BCUT2D eigenvalue weighted by Crippen LogP contribution is 2.49. The molecule has 1 amide bonds. The molecule has 4 heteroatoms. The monoisotopic (exact) mass is 351 g/mol. The Hall–Kier alpha value is -2.62. The second kappa shape index (κ2) is 7.73. The number of carboxylic acids is 1. The summed E-state index contributed by atoms with van der Waals surface area (Å²) in [4.78, 5) is 24.4. The first-order valence-corrected chi connectivity index (χ1v) is 9.17. The summed E-state index contributed by atoms with van der Waals surface area (Å²) in [6, 6.07) is 19.4. The summed E-state index contributed by atoms with van der Waals surface area (Å²) in [7, 11) is 0. The van der Waals surface area contributed by atoms with Crippen LogP contribution >= 0.6 is 0 Å². The van der Waals surface area contributed by atoms with Crippen LogP contribution in [0.4, 0.5) is 0 Å². The van der Waals surface area contributed by atoms with Crippen LogP contribution < -0.4 is 5.32 Å². The predicted molar refractivity (Wildman–Crippen MR) is 101 cm³/mol. The first kappa shape index (κ1) is 18.2. The molecule has 0 radical (unpaired) electrons. The van der Waals surface area contributed by atoms with Crippen molar-refractivity contribution >= 4 is 11.9 Å². The van der Waals surface area contributed by atoms with Crippen molar-refractivity contribution in [2.75, 3.05) is 6.54 Å². The lowest BCUT2D eigenvalue weighted by Crippen LogP contribution is -2.46. The van der Waals surface area contributed by atoms with E-state index in [0.717, 1.165) is 12.0 Å². The zero-order valence-electron chi connectivity index (χ0n) is 15.0. The molecule has 1 aliphatic carbocycles. The smallest absolute Gasteiger partial charge is 0.315 e. The molecule has 0 aromatic heterocycles. The van der Waals surface area contributed by atoms with E-state index in [9.17, 15) is 14.7 Å². The van der Waals surface area contributed by atoms with Gasteiger partial charge in [-0.1, -0.05) is 67.6 Å². The Morgan fingerprint density at radius 2 is 1.69 bits per heavy atom. The zero-order chi connectivity index (χ0) is 18.6. The molecule has 1 fully saturated rings. The molecular formula is C22H25NO3. The molecule has 0 spiro atoms. The molecule has 1 aliphatic rings. The van der Waals surface area contributed by atoms with Crippen molar-refractivity contribution in [1.29, 1.82) is 0 Å². The van der Waals surface area contributed by atoms with Crippen molar-refractivity contribution < 1.29 is 14.7 Å². The van der Waals surface area contributed by atoms with E-state index in [-0.39, 0.29) is 12.5 Å². The Kier molecular flexibility index (Phi) is 5.40. The number of hydrogen-bond donors (Lipinski definition) is 2. The molecule has 1 unspecified atom stereocenters. The maximum Gasteiger partial charge on any atom is 0.315 e. The van der Waals surface area contributed by atoms with Gasteiger partial charge in [-0.05, 0) is 35.8 Å². The van der Waals surface area contributed by atoms with Gasteiger partial charge in [0.25, 0.3) is 0 Å². The van der Waals surface area contributed by atoms with Crippen LogP contribution in [0.2, 0.25) is 0 Å². The summed E-state index contributed by atoms with van der Waals surface area (Å²) in [5.74, 6) is -0.162. The Balaban J connectivity index is 1.60. The first-order chi connectivity index (χ1) is 12.6. The van der Waals surface area contributed by atoms with E-state index < -0.39 is 11.4 Å². The van der Waals surface area contributed by atoms with E-state index in [1.54, 1.807) is 0 Å².